The third-order valence-corrected chi connectivity index (χ3v) is 3.24. The van der Waals surface area contributed by atoms with Gasteiger partial charge in [-0.3, -0.25) is 19.9 Å². The molecule has 0 radical (unpaired) electrons. The van der Waals surface area contributed by atoms with Crippen LogP contribution >= 0.6 is 11.8 Å². The van der Waals surface area contributed by atoms with Gasteiger partial charge in [0.25, 0.3) is 5.24 Å². The molecule has 0 spiro atoms. The van der Waals surface area contributed by atoms with Gasteiger partial charge >= 0.3 is 0 Å². The number of anilines is 1. The lowest BCUT2D eigenvalue weighted by atomic mass is 10.3. The summed E-state index contributed by atoms with van der Waals surface area (Å²) < 4.78 is 0. The molecule has 1 aliphatic rings. The van der Waals surface area contributed by atoms with Gasteiger partial charge < -0.3 is 0 Å². The standard InChI is InChI=1S/C12H13N3O2S/c1-9(7-15-11(16)8-18-12(15)17)13-14-10-5-3-2-4-6-10/h2-6,14H,7-8H2,1H3. The van der Waals surface area contributed by atoms with Crippen molar-refractivity contribution in [3.05, 3.63) is 30.3 Å². The maximum atomic E-state index is 11.4. The maximum absolute atomic E-state index is 11.4. The molecule has 0 unspecified atom stereocenters. The fourth-order valence-corrected chi connectivity index (χ4v) is 2.20. The van der Waals surface area contributed by atoms with Gasteiger partial charge in [-0.05, 0) is 19.1 Å². The summed E-state index contributed by atoms with van der Waals surface area (Å²) in [5.41, 5.74) is 4.43. The molecule has 0 atom stereocenters. The first-order valence-electron chi connectivity index (χ1n) is 5.48. The Morgan fingerprint density at radius 1 is 1.39 bits per heavy atom. The highest BCUT2D eigenvalue weighted by molar-refractivity contribution is 8.14. The van der Waals surface area contributed by atoms with Crippen LogP contribution in [0.1, 0.15) is 6.92 Å². The van der Waals surface area contributed by atoms with Crippen LogP contribution in [0, 0.1) is 0 Å². The van der Waals surface area contributed by atoms with E-state index >= 15 is 0 Å². The lowest BCUT2D eigenvalue weighted by molar-refractivity contribution is -0.124. The Morgan fingerprint density at radius 3 is 2.72 bits per heavy atom. The van der Waals surface area contributed by atoms with Crippen LogP contribution in [0.2, 0.25) is 0 Å². The van der Waals surface area contributed by atoms with Crippen LogP contribution in [-0.2, 0) is 4.79 Å². The van der Waals surface area contributed by atoms with Gasteiger partial charge in [-0.1, -0.05) is 30.0 Å². The van der Waals surface area contributed by atoms with Gasteiger partial charge in [0.1, 0.15) is 0 Å². The number of carbonyl (C=O) groups is 2. The van der Waals surface area contributed by atoms with Crippen molar-refractivity contribution >= 4 is 34.3 Å². The van der Waals surface area contributed by atoms with E-state index < -0.39 is 0 Å². The SMILES string of the molecule is CC(CN1C(=O)CSC1=O)=NNc1ccccc1. The minimum absolute atomic E-state index is 0.153. The number of nitrogens with one attached hydrogen (secondary N) is 1. The number of thioether (sulfide) groups is 1. The highest BCUT2D eigenvalue weighted by Gasteiger charge is 2.29. The van der Waals surface area contributed by atoms with E-state index in [1.54, 1.807) is 6.92 Å². The molecule has 94 valence electrons. The molecule has 1 saturated heterocycles. The van der Waals surface area contributed by atoms with E-state index in [9.17, 15) is 9.59 Å². The summed E-state index contributed by atoms with van der Waals surface area (Å²) in [7, 11) is 0. The molecule has 1 aromatic carbocycles. The minimum atomic E-state index is -0.200. The van der Waals surface area contributed by atoms with Crippen molar-refractivity contribution < 1.29 is 9.59 Å². The van der Waals surface area contributed by atoms with Gasteiger partial charge in [-0.2, -0.15) is 5.10 Å². The highest BCUT2D eigenvalue weighted by Crippen LogP contribution is 2.18. The van der Waals surface area contributed by atoms with Gasteiger partial charge in [0.05, 0.1) is 23.7 Å². The lowest BCUT2D eigenvalue weighted by Crippen LogP contribution is -2.33. The van der Waals surface area contributed by atoms with E-state index in [0.717, 1.165) is 17.4 Å². The summed E-state index contributed by atoms with van der Waals surface area (Å²) in [5, 5.41) is 3.94. The molecule has 5 nitrogen and oxygen atoms in total. The fraction of sp³-hybridized carbons (Fsp3) is 0.250. The quantitative estimate of drug-likeness (QED) is 0.668. The molecule has 1 N–H and O–H groups in total. The number of hydrogen-bond acceptors (Lipinski definition) is 5. The highest BCUT2D eigenvalue weighted by atomic mass is 32.2. The molecule has 2 rings (SSSR count). The minimum Gasteiger partial charge on any atom is -0.279 e. The predicted molar refractivity (Wildman–Crippen MR) is 72.7 cm³/mol. The first-order valence-corrected chi connectivity index (χ1v) is 6.47. The molecule has 0 aliphatic carbocycles. The number of hydrogen-bond donors (Lipinski definition) is 1. The Labute approximate surface area is 109 Å². The van der Waals surface area contributed by atoms with Crippen molar-refractivity contribution in [3.8, 4) is 0 Å². The van der Waals surface area contributed by atoms with Crippen LogP contribution < -0.4 is 5.43 Å². The number of carbonyl (C=O) groups excluding carboxylic acids is 2. The molecular formula is C12H13N3O2S. The van der Waals surface area contributed by atoms with Gasteiger partial charge in [0.2, 0.25) is 5.91 Å². The Morgan fingerprint density at radius 2 is 2.11 bits per heavy atom. The summed E-state index contributed by atoms with van der Waals surface area (Å²) in [6, 6.07) is 9.49. The number of imide groups is 1. The molecule has 2 amide bonds. The Balaban J connectivity index is 1.93. The smallest absolute Gasteiger partial charge is 0.279 e. The average molecular weight is 263 g/mol. The third-order valence-electron chi connectivity index (χ3n) is 2.38. The monoisotopic (exact) mass is 263 g/mol. The zero-order valence-electron chi connectivity index (χ0n) is 9.92. The molecule has 18 heavy (non-hydrogen) atoms. The van der Waals surface area contributed by atoms with Gasteiger partial charge in [-0.25, -0.2) is 0 Å². The Kier molecular flexibility index (Phi) is 3.99. The molecular weight excluding hydrogens is 250 g/mol. The lowest BCUT2D eigenvalue weighted by Gasteiger charge is -2.12. The van der Waals surface area contributed by atoms with Crippen LogP contribution in [0.3, 0.4) is 0 Å². The van der Waals surface area contributed by atoms with Crippen LogP contribution in [-0.4, -0.2) is 34.1 Å². The zero-order chi connectivity index (χ0) is 13.0. The molecule has 0 bridgehead atoms. The van der Waals surface area contributed by atoms with Crippen molar-refractivity contribution in [1.82, 2.24) is 4.90 Å². The van der Waals surface area contributed by atoms with Crippen LogP contribution in [0.25, 0.3) is 0 Å². The van der Waals surface area contributed by atoms with Crippen molar-refractivity contribution in [1.29, 1.82) is 0 Å². The van der Waals surface area contributed by atoms with Gasteiger partial charge in [0, 0.05) is 0 Å². The number of nitrogens with zero attached hydrogens (tertiary/aromatic N) is 2. The summed E-state index contributed by atoms with van der Waals surface area (Å²) in [4.78, 5) is 24.0. The van der Waals surface area contributed by atoms with Crippen molar-refractivity contribution in [2.75, 3.05) is 17.7 Å². The molecule has 0 saturated carbocycles. The molecule has 1 aromatic rings. The largest absolute Gasteiger partial charge is 0.289 e. The summed E-state index contributed by atoms with van der Waals surface area (Å²) in [5.74, 6) is 0.0809. The summed E-state index contributed by atoms with van der Waals surface area (Å²) in [6.07, 6.45) is 0. The normalized spacial score (nSPS) is 16.3. The molecule has 1 aliphatic heterocycles. The number of para-hydroxylation sites is 1. The number of rotatable bonds is 4. The van der Waals surface area contributed by atoms with Crippen LogP contribution in [0.15, 0.2) is 35.4 Å². The summed E-state index contributed by atoms with van der Waals surface area (Å²) in [6.45, 7) is 2.02. The summed E-state index contributed by atoms with van der Waals surface area (Å²) >= 11 is 1.03. The maximum Gasteiger partial charge on any atom is 0.289 e. The van der Waals surface area contributed by atoms with Crippen molar-refractivity contribution in [2.45, 2.75) is 6.92 Å². The zero-order valence-corrected chi connectivity index (χ0v) is 10.7. The second-order valence-corrected chi connectivity index (χ2v) is 4.79. The first kappa shape index (κ1) is 12.6. The van der Waals surface area contributed by atoms with E-state index in [4.69, 9.17) is 0 Å². The third kappa shape index (κ3) is 3.10. The van der Waals surface area contributed by atoms with E-state index in [0.29, 0.717) is 5.71 Å². The van der Waals surface area contributed by atoms with E-state index in [2.05, 4.69) is 10.5 Å². The topological polar surface area (TPSA) is 61.8 Å². The second-order valence-electron chi connectivity index (χ2n) is 3.86. The molecule has 0 aromatic heterocycles. The number of benzene rings is 1. The second kappa shape index (κ2) is 5.68. The number of hydrazone groups is 1. The average Bonchev–Trinajstić information content (AvgIpc) is 2.69. The van der Waals surface area contributed by atoms with Crippen LogP contribution in [0.4, 0.5) is 10.5 Å². The predicted octanol–water partition coefficient (Wildman–Crippen LogP) is 2.17. The Hall–Kier alpha value is -1.82. The van der Waals surface area contributed by atoms with Crippen molar-refractivity contribution in [3.63, 3.8) is 0 Å². The number of amides is 2. The van der Waals surface area contributed by atoms with E-state index in [-0.39, 0.29) is 23.4 Å². The van der Waals surface area contributed by atoms with E-state index in [1.807, 2.05) is 30.3 Å². The van der Waals surface area contributed by atoms with Gasteiger partial charge in [-0.15, -0.1) is 0 Å². The molecule has 1 fully saturated rings. The molecule has 1 heterocycles. The van der Waals surface area contributed by atoms with Gasteiger partial charge in [0.15, 0.2) is 0 Å². The van der Waals surface area contributed by atoms with Crippen molar-refractivity contribution in [2.24, 2.45) is 5.10 Å². The molecule has 6 heteroatoms. The Bertz CT molecular complexity index is 471. The van der Waals surface area contributed by atoms with E-state index in [1.165, 1.54) is 4.90 Å². The van der Waals surface area contributed by atoms with Crippen LogP contribution in [0.5, 0.6) is 0 Å². The fourth-order valence-electron chi connectivity index (χ4n) is 1.47. The first-order chi connectivity index (χ1) is 8.66.